The number of rotatable bonds is 5. The summed E-state index contributed by atoms with van der Waals surface area (Å²) in [7, 11) is 0. The van der Waals surface area contributed by atoms with Crippen molar-refractivity contribution in [3.8, 4) is 17.3 Å². The zero-order chi connectivity index (χ0) is 24.4. The number of amides is 2. The van der Waals surface area contributed by atoms with Gasteiger partial charge >= 0.3 is 6.03 Å². The number of fused-ring (bicyclic) bond motifs is 1. The van der Waals surface area contributed by atoms with E-state index in [1.54, 1.807) is 35.3 Å². The number of carbonyl (C=O) groups excluding carboxylic acids is 1. The topological polar surface area (TPSA) is 94.0 Å². The Morgan fingerprint density at radius 2 is 1.71 bits per heavy atom. The molecule has 0 bridgehead atoms. The minimum absolute atomic E-state index is 0.159. The van der Waals surface area contributed by atoms with E-state index in [0.29, 0.717) is 22.6 Å². The van der Waals surface area contributed by atoms with E-state index < -0.39 is 17.7 Å². The third-order valence-electron chi connectivity index (χ3n) is 4.92. The maximum atomic E-state index is 14.2. The predicted molar refractivity (Wildman–Crippen MR) is 127 cm³/mol. The summed E-state index contributed by atoms with van der Waals surface area (Å²) in [6.07, 6.45) is 5.13. The lowest BCUT2D eigenvalue weighted by atomic mass is 10.2. The summed E-state index contributed by atoms with van der Waals surface area (Å²) in [6.45, 7) is 1.88. The van der Waals surface area contributed by atoms with Crippen LogP contribution in [0.4, 0.5) is 25.0 Å². The third-order valence-corrected chi connectivity index (χ3v) is 4.92. The van der Waals surface area contributed by atoms with Crippen LogP contribution in [0.1, 0.15) is 5.69 Å². The fourth-order valence-corrected chi connectivity index (χ4v) is 3.41. The highest BCUT2D eigenvalue weighted by Gasteiger charge is 2.09. The van der Waals surface area contributed by atoms with E-state index in [2.05, 4.69) is 25.6 Å². The van der Waals surface area contributed by atoms with Crippen molar-refractivity contribution < 1.29 is 18.3 Å². The summed E-state index contributed by atoms with van der Waals surface area (Å²) in [5.41, 5.74) is 2.51. The molecule has 0 atom stereocenters. The van der Waals surface area contributed by atoms with Gasteiger partial charge in [-0.1, -0.05) is 6.07 Å². The summed E-state index contributed by atoms with van der Waals surface area (Å²) in [5, 5.41) is 5.00. The molecule has 0 radical (unpaired) electrons. The van der Waals surface area contributed by atoms with Gasteiger partial charge in [0.1, 0.15) is 29.5 Å². The first-order valence-corrected chi connectivity index (χ1v) is 10.5. The highest BCUT2D eigenvalue weighted by Crippen LogP contribution is 2.28. The Kier molecular flexibility index (Phi) is 5.76. The Labute approximate surface area is 198 Å². The molecule has 10 heteroatoms. The van der Waals surface area contributed by atoms with Crippen LogP contribution in [0.5, 0.6) is 11.5 Å². The average Bonchev–Trinajstić information content (AvgIpc) is 3.24. The van der Waals surface area contributed by atoms with Gasteiger partial charge in [-0.15, -0.1) is 0 Å². The first-order valence-electron chi connectivity index (χ1n) is 10.5. The van der Waals surface area contributed by atoms with Crippen LogP contribution >= 0.6 is 0 Å². The van der Waals surface area contributed by atoms with Crippen molar-refractivity contribution in [1.29, 1.82) is 0 Å². The van der Waals surface area contributed by atoms with Crippen LogP contribution in [-0.4, -0.2) is 25.6 Å². The number of nitrogens with one attached hydrogen (secondary N) is 2. The molecule has 2 aromatic heterocycles. The van der Waals surface area contributed by atoms with Gasteiger partial charge in [-0.05, 0) is 43.3 Å². The van der Waals surface area contributed by atoms with Crippen LogP contribution in [0, 0.1) is 18.6 Å². The fraction of sp³-hybridized carbons (Fsp3) is 0.0400. The van der Waals surface area contributed by atoms with Crippen molar-refractivity contribution in [2.75, 3.05) is 10.6 Å². The number of aromatic nitrogens is 4. The number of aryl methyl sites for hydroxylation is 1. The number of imidazole rings is 1. The van der Waals surface area contributed by atoms with E-state index in [9.17, 15) is 13.6 Å². The van der Waals surface area contributed by atoms with Crippen LogP contribution in [0.15, 0.2) is 79.4 Å². The lowest BCUT2D eigenvalue weighted by Gasteiger charge is -2.11. The summed E-state index contributed by atoms with van der Waals surface area (Å²) in [6, 6.07) is 13.7. The molecule has 0 spiro atoms. The van der Waals surface area contributed by atoms with Crippen molar-refractivity contribution in [1.82, 2.24) is 19.5 Å². The van der Waals surface area contributed by atoms with Gasteiger partial charge in [-0.2, -0.15) is 0 Å². The number of carbonyl (C=O) groups is 1. The smallest absolute Gasteiger partial charge is 0.323 e. The second-order valence-electron chi connectivity index (χ2n) is 7.67. The zero-order valence-electron chi connectivity index (χ0n) is 18.4. The number of nitrogens with zero attached hydrogens (tertiary/aromatic N) is 4. The molecule has 3 aromatic carbocycles. The van der Waals surface area contributed by atoms with Gasteiger partial charge in [0.2, 0.25) is 0 Å². The molecule has 0 aliphatic heterocycles. The predicted octanol–water partition coefficient (Wildman–Crippen LogP) is 5.84. The zero-order valence-corrected chi connectivity index (χ0v) is 18.4. The second-order valence-corrected chi connectivity index (χ2v) is 7.67. The quantitative estimate of drug-likeness (QED) is 0.335. The van der Waals surface area contributed by atoms with Gasteiger partial charge in [-0.3, -0.25) is 9.55 Å². The molecule has 2 amide bonds. The first kappa shape index (κ1) is 22.0. The van der Waals surface area contributed by atoms with Gasteiger partial charge in [-0.25, -0.2) is 23.5 Å². The summed E-state index contributed by atoms with van der Waals surface area (Å²) < 4.78 is 35.1. The number of anilines is 2. The first-order chi connectivity index (χ1) is 16.9. The Hall–Kier alpha value is -4.86. The molecule has 0 fully saturated rings. The maximum absolute atomic E-state index is 14.2. The highest BCUT2D eigenvalue weighted by molar-refractivity contribution is 5.99. The molecule has 35 heavy (non-hydrogen) atoms. The minimum atomic E-state index is -0.657. The van der Waals surface area contributed by atoms with Crippen LogP contribution in [0.25, 0.3) is 16.9 Å². The van der Waals surface area contributed by atoms with E-state index >= 15 is 0 Å². The normalized spacial score (nSPS) is 10.8. The molecule has 0 aliphatic rings. The SMILES string of the molecule is Cc1cn(-c2cnc3ccc(Oc4cc(F)cc(NC(=O)Nc5cccc(F)c5)c4)cc3n2)cn1. The molecular formula is C25H18F2N6O2. The number of hydrogen-bond acceptors (Lipinski definition) is 5. The standard InChI is InChI=1S/C25H18F2N6O2/c1-15-13-33(14-29-15)24-12-28-22-6-5-20(11-23(22)32-24)35-21-9-17(27)8-19(10-21)31-25(34)30-18-4-2-3-16(26)7-18/h2-14H,1H3,(H2,30,31,34). The van der Waals surface area contributed by atoms with E-state index in [4.69, 9.17) is 4.74 Å². The summed E-state index contributed by atoms with van der Waals surface area (Å²) in [5.74, 6) is 0.0709. The Balaban J connectivity index is 1.34. The van der Waals surface area contributed by atoms with Crippen LogP contribution in [-0.2, 0) is 0 Å². The molecule has 0 unspecified atom stereocenters. The number of benzene rings is 3. The van der Waals surface area contributed by atoms with Crippen molar-refractivity contribution in [2.45, 2.75) is 6.92 Å². The molecular weight excluding hydrogens is 454 g/mol. The molecule has 0 saturated carbocycles. The van der Waals surface area contributed by atoms with Crippen LogP contribution in [0.2, 0.25) is 0 Å². The van der Waals surface area contributed by atoms with E-state index in [-0.39, 0.29) is 17.1 Å². The Morgan fingerprint density at radius 1 is 0.886 bits per heavy atom. The van der Waals surface area contributed by atoms with E-state index in [1.165, 1.54) is 36.4 Å². The number of halogens is 2. The van der Waals surface area contributed by atoms with E-state index in [1.807, 2.05) is 13.1 Å². The molecule has 5 rings (SSSR count). The second kappa shape index (κ2) is 9.18. The van der Waals surface area contributed by atoms with Crippen molar-refractivity contribution >= 4 is 28.4 Å². The molecule has 5 aromatic rings. The Morgan fingerprint density at radius 3 is 2.51 bits per heavy atom. The minimum Gasteiger partial charge on any atom is -0.457 e. The number of ether oxygens (including phenoxy) is 1. The van der Waals surface area contributed by atoms with Gasteiger partial charge in [0.15, 0.2) is 5.82 Å². The summed E-state index contributed by atoms with van der Waals surface area (Å²) >= 11 is 0. The molecule has 8 nitrogen and oxygen atoms in total. The average molecular weight is 472 g/mol. The molecule has 174 valence electrons. The molecule has 2 N–H and O–H groups in total. The number of hydrogen-bond donors (Lipinski definition) is 2. The molecule has 0 saturated heterocycles. The van der Waals surface area contributed by atoms with Crippen molar-refractivity contribution in [3.63, 3.8) is 0 Å². The van der Waals surface area contributed by atoms with Gasteiger partial charge in [0.05, 0.1) is 22.9 Å². The van der Waals surface area contributed by atoms with E-state index in [0.717, 1.165) is 11.8 Å². The van der Waals surface area contributed by atoms with Gasteiger partial charge in [0, 0.05) is 35.8 Å². The molecule has 0 aliphatic carbocycles. The molecule has 2 heterocycles. The van der Waals surface area contributed by atoms with Gasteiger partial charge in [0.25, 0.3) is 0 Å². The largest absolute Gasteiger partial charge is 0.457 e. The maximum Gasteiger partial charge on any atom is 0.323 e. The highest BCUT2D eigenvalue weighted by atomic mass is 19.1. The fourth-order valence-electron chi connectivity index (χ4n) is 3.41. The lowest BCUT2D eigenvalue weighted by molar-refractivity contribution is 0.262. The van der Waals surface area contributed by atoms with Crippen molar-refractivity contribution in [3.05, 3.63) is 96.7 Å². The van der Waals surface area contributed by atoms with Gasteiger partial charge < -0.3 is 15.4 Å². The third kappa shape index (κ3) is 5.22. The number of urea groups is 1. The monoisotopic (exact) mass is 472 g/mol. The van der Waals surface area contributed by atoms with Crippen LogP contribution < -0.4 is 15.4 Å². The lowest BCUT2D eigenvalue weighted by Crippen LogP contribution is -2.19. The summed E-state index contributed by atoms with van der Waals surface area (Å²) in [4.78, 5) is 25.4. The van der Waals surface area contributed by atoms with Crippen molar-refractivity contribution in [2.24, 2.45) is 0 Å². The Bertz CT molecular complexity index is 1550. The van der Waals surface area contributed by atoms with Crippen LogP contribution in [0.3, 0.4) is 0 Å².